The van der Waals surface area contributed by atoms with Gasteiger partial charge >= 0.3 is 11.7 Å². The van der Waals surface area contributed by atoms with Gasteiger partial charge < -0.3 is 33.7 Å². The number of halogens is 2. The molecule has 3 rings (SSSR count). The third-order valence-corrected chi connectivity index (χ3v) is 5.76. The SMILES string of the molecule is CCOC(=O)COC1=C(OCc2c(F)cccc2OC)CC(Cl)(Nc2nc(COC)nc(OC)c2[N+](=O)[O-])C=C1. The number of anilines is 1. The van der Waals surface area contributed by atoms with Gasteiger partial charge in [-0.1, -0.05) is 17.7 Å². The van der Waals surface area contributed by atoms with E-state index in [-0.39, 0.29) is 66.6 Å². The maximum Gasteiger partial charge on any atom is 0.372 e. The molecule has 1 aromatic heterocycles. The quantitative estimate of drug-likeness (QED) is 0.113. The first-order valence-electron chi connectivity index (χ1n) is 11.8. The van der Waals surface area contributed by atoms with Crippen LogP contribution in [0.4, 0.5) is 15.9 Å². The molecule has 1 unspecified atom stereocenters. The van der Waals surface area contributed by atoms with Crippen molar-refractivity contribution >= 4 is 29.1 Å². The van der Waals surface area contributed by atoms with Crippen molar-refractivity contribution in [3.8, 4) is 11.6 Å². The standard InChI is InChI=1S/C25H28ClFN4O9/c1-5-38-21(32)14-40-18-9-10-25(26,11-19(18)39-12-15-16(27)7-6-8-17(15)36-3)30-23-22(31(33)34)24(37-4)29-20(28-23)13-35-2/h6-10H,5,11-14H2,1-4H3,(H,28,29,30). The summed E-state index contributed by atoms with van der Waals surface area (Å²) in [5.74, 6) is -1.13. The largest absolute Gasteiger partial charge is 0.496 e. The molecule has 1 heterocycles. The van der Waals surface area contributed by atoms with Crippen LogP contribution in [0, 0.1) is 15.9 Å². The second-order valence-corrected chi connectivity index (χ2v) is 8.80. The number of methoxy groups -OCH3 is 3. The van der Waals surface area contributed by atoms with E-state index in [0.29, 0.717) is 0 Å². The van der Waals surface area contributed by atoms with E-state index in [1.807, 2.05) is 0 Å². The molecule has 0 fully saturated rings. The molecule has 1 atom stereocenters. The number of hydrogen-bond donors (Lipinski definition) is 1. The van der Waals surface area contributed by atoms with Gasteiger partial charge in [-0.2, -0.15) is 4.98 Å². The lowest BCUT2D eigenvalue weighted by molar-refractivity contribution is -0.385. The van der Waals surface area contributed by atoms with Crippen molar-refractivity contribution in [2.75, 3.05) is 39.9 Å². The number of aromatic nitrogens is 2. The van der Waals surface area contributed by atoms with E-state index < -0.39 is 34.0 Å². The predicted molar refractivity (Wildman–Crippen MR) is 139 cm³/mol. The zero-order valence-corrected chi connectivity index (χ0v) is 23.0. The summed E-state index contributed by atoms with van der Waals surface area (Å²) >= 11 is 6.84. The molecular formula is C25H28ClFN4O9. The molecule has 0 saturated carbocycles. The van der Waals surface area contributed by atoms with Gasteiger partial charge in [-0.05, 0) is 31.2 Å². The Balaban J connectivity index is 1.95. The molecule has 0 radical (unpaired) electrons. The molecule has 0 bridgehead atoms. The lowest BCUT2D eigenvalue weighted by Gasteiger charge is -2.30. The van der Waals surface area contributed by atoms with Gasteiger partial charge in [0, 0.05) is 13.5 Å². The average molecular weight is 583 g/mol. The van der Waals surface area contributed by atoms with E-state index in [2.05, 4.69) is 15.3 Å². The number of ether oxygens (including phenoxy) is 6. The van der Waals surface area contributed by atoms with Crippen LogP contribution in [-0.2, 0) is 37.0 Å². The molecule has 216 valence electrons. The van der Waals surface area contributed by atoms with Crippen LogP contribution in [0.5, 0.6) is 11.6 Å². The number of esters is 1. The molecule has 1 N–H and O–H groups in total. The molecule has 15 heteroatoms. The van der Waals surface area contributed by atoms with Crippen LogP contribution >= 0.6 is 11.6 Å². The number of nitro groups is 1. The molecule has 1 aliphatic rings. The van der Waals surface area contributed by atoms with E-state index in [0.717, 1.165) is 0 Å². The molecule has 40 heavy (non-hydrogen) atoms. The van der Waals surface area contributed by atoms with Crippen LogP contribution in [0.1, 0.15) is 24.7 Å². The van der Waals surface area contributed by atoms with Crippen LogP contribution in [0.15, 0.2) is 41.9 Å². The van der Waals surface area contributed by atoms with E-state index >= 15 is 0 Å². The summed E-state index contributed by atoms with van der Waals surface area (Å²) < 4.78 is 46.3. The van der Waals surface area contributed by atoms with Gasteiger partial charge in [0.15, 0.2) is 18.2 Å². The van der Waals surface area contributed by atoms with Crippen LogP contribution in [0.25, 0.3) is 0 Å². The molecule has 1 aromatic carbocycles. The first kappa shape index (κ1) is 30.4. The van der Waals surface area contributed by atoms with E-state index in [9.17, 15) is 19.3 Å². The normalized spacial score (nSPS) is 16.4. The number of rotatable bonds is 14. The summed E-state index contributed by atoms with van der Waals surface area (Å²) in [4.78, 5) is 29.7. The Morgan fingerprint density at radius 3 is 2.62 bits per heavy atom. The van der Waals surface area contributed by atoms with Crippen LogP contribution < -0.4 is 14.8 Å². The number of carbonyl (C=O) groups is 1. The molecule has 13 nitrogen and oxygen atoms in total. The van der Waals surface area contributed by atoms with Crippen molar-refractivity contribution < 1.29 is 42.5 Å². The van der Waals surface area contributed by atoms with Crippen molar-refractivity contribution in [3.63, 3.8) is 0 Å². The summed E-state index contributed by atoms with van der Waals surface area (Å²) in [5, 5.41) is 14.7. The number of nitrogens with one attached hydrogen (secondary N) is 1. The van der Waals surface area contributed by atoms with Gasteiger partial charge in [-0.25, -0.2) is 14.2 Å². The van der Waals surface area contributed by atoms with Crippen molar-refractivity contribution in [3.05, 3.63) is 69.2 Å². The highest BCUT2D eigenvalue weighted by Gasteiger charge is 2.37. The van der Waals surface area contributed by atoms with Crippen LogP contribution in [0.3, 0.4) is 0 Å². The Morgan fingerprint density at radius 2 is 1.98 bits per heavy atom. The van der Waals surface area contributed by atoms with Gasteiger partial charge in [0.25, 0.3) is 5.88 Å². The van der Waals surface area contributed by atoms with Crippen LogP contribution in [-0.4, -0.2) is 60.4 Å². The zero-order chi connectivity index (χ0) is 29.3. The zero-order valence-electron chi connectivity index (χ0n) is 22.2. The fourth-order valence-electron chi connectivity index (χ4n) is 3.65. The predicted octanol–water partition coefficient (Wildman–Crippen LogP) is 4.00. The molecule has 0 amide bonds. The maximum atomic E-state index is 14.5. The Labute approximate surface area is 234 Å². The lowest BCUT2D eigenvalue weighted by atomic mass is 10.0. The van der Waals surface area contributed by atoms with Crippen molar-refractivity contribution in [1.82, 2.24) is 9.97 Å². The highest BCUT2D eigenvalue weighted by molar-refractivity contribution is 6.26. The second-order valence-electron chi connectivity index (χ2n) is 8.12. The smallest absolute Gasteiger partial charge is 0.372 e. The number of alkyl halides is 1. The van der Waals surface area contributed by atoms with Crippen LogP contribution in [0.2, 0.25) is 0 Å². The first-order valence-corrected chi connectivity index (χ1v) is 12.2. The third kappa shape index (κ3) is 7.48. The maximum absolute atomic E-state index is 14.5. The fourth-order valence-corrected chi connectivity index (χ4v) is 3.92. The highest BCUT2D eigenvalue weighted by atomic mass is 35.5. The Kier molecular flexibility index (Phi) is 10.4. The van der Waals surface area contributed by atoms with E-state index in [1.54, 1.807) is 13.0 Å². The average Bonchev–Trinajstić information content (AvgIpc) is 2.91. The molecule has 0 spiro atoms. The van der Waals surface area contributed by atoms with Crippen molar-refractivity contribution in [1.29, 1.82) is 0 Å². The topological polar surface area (TPSA) is 153 Å². The minimum atomic E-state index is -1.54. The summed E-state index contributed by atoms with van der Waals surface area (Å²) in [5.41, 5.74) is -0.423. The molecule has 2 aromatic rings. The number of benzene rings is 1. The number of allylic oxidation sites excluding steroid dienone is 1. The molecule has 0 aliphatic heterocycles. The van der Waals surface area contributed by atoms with Gasteiger partial charge in [0.1, 0.15) is 35.5 Å². The summed E-state index contributed by atoms with van der Waals surface area (Å²) in [7, 11) is 4.03. The Bertz CT molecular complexity index is 1310. The van der Waals surface area contributed by atoms with Crippen molar-refractivity contribution in [2.45, 2.75) is 31.6 Å². The van der Waals surface area contributed by atoms with E-state index in [1.165, 1.54) is 45.6 Å². The lowest BCUT2D eigenvalue weighted by Crippen LogP contribution is -2.34. The highest BCUT2D eigenvalue weighted by Crippen LogP contribution is 2.39. The summed E-state index contributed by atoms with van der Waals surface area (Å²) in [6.07, 6.45) is 2.69. The molecular weight excluding hydrogens is 555 g/mol. The second kappa shape index (κ2) is 13.8. The number of carbonyl (C=O) groups excluding carboxylic acids is 1. The minimum absolute atomic E-state index is 0.0568. The van der Waals surface area contributed by atoms with Gasteiger partial charge in [-0.15, -0.1) is 0 Å². The Hall–Kier alpha value is -4.17. The minimum Gasteiger partial charge on any atom is -0.496 e. The number of hydrogen-bond acceptors (Lipinski definition) is 12. The van der Waals surface area contributed by atoms with Crippen molar-refractivity contribution in [2.24, 2.45) is 0 Å². The summed E-state index contributed by atoms with van der Waals surface area (Å²) in [6.45, 7) is 1.05. The van der Waals surface area contributed by atoms with Gasteiger partial charge in [0.05, 0.1) is 31.3 Å². The number of nitrogens with zero attached hydrogens (tertiary/aromatic N) is 3. The molecule has 0 saturated heterocycles. The monoisotopic (exact) mass is 582 g/mol. The Morgan fingerprint density at radius 1 is 1.20 bits per heavy atom. The summed E-state index contributed by atoms with van der Waals surface area (Å²) in [6, 6.07) is 4.31. The fraction of sp³-hybridized carbons (Fsp3) is 0.400. The van der Waals surface area contributed by atoms with Gasteiger partial charge in [-0.3, -0.25) is 10.1 Å². The molecule has 1 aliphatic carbocycles. The van der Waals surface area contributed by atoms with E-state index in [4.69, 9.17) is 40.0 Å². The first-order chi connectivity index (χ1) is 19.1. The third-order valence-electron chi connectivity index (χ3n) is 5.40. The van der Waals surface area contributed by atoms with Gasteiger partial charge in [0.2, 0.25) is 5.82 Å².